The van der Waals surface area contributed by atoms with Crippen LogP contribution >= 0.6 is 0 Å². The summed E-state index contributed by atoms with van der Waals surface area (Å²) in [5.41, 5.74) is -0.721. The second kappa shape index (κ2) is 7.51. The predicted molar refractivity (Wildman–Crippen MR) is 76.5 cm³/mol. The molecule has 2 atom stereocenters. The fraction of sp³-hybridized carbons (Fsp3) is 0.562. The number of carbonyl (C=O) groups is 1. The summed E-state index contributed by atoms with van der Waals surface area (Å²) in [6.07, 6.45) is -4.54. The van der Waals surface area contributed by atoms with E-state index in [9.17, 15) is 18.0 Å². The van der Waals surface area contributed by atoms with E-state index in [0.717, 1.165) is 12.1 Å². The summed E-state index contributed by atoms with van der Waals surface area (Å²) in [6.45, 7) is 7.34. The lowest BCUT2D eigenvalue weighted by molar-refractivity contribution is -0.153. The van der Waals surface area contributed by atoms with Gasteiger partial charge < -0.3 is 9.47 Å². The molecule has 2 unspecified atom stereocenters. The van der Waals surface area contributed by atoms with E-state index in [-0.39, 0.29) is 30.5 Å². The second-order valence-electron chi connectivity index (χ2n) is 5.58. The van der Waals surface area contributed by atoms with Crippen LogP contribution in [-0.2, 0) is 15.7 Å². The second-order valence-corrected chi connectivity index (χ2v) is 5.58. The lowest BCUT2D eigenvalue weighted by atomic mass is 9.97. The van der Waals surface area contributed by atoms with E-state index in [0.29, 0.717) is 5.75 Å². The van der Waals surface area contributed by atoms with E-state index in [1.165, 1.54) is 12.1 Å². The van der Waals surface area contributed by atoms with Crippen LogP contribution in [-0.4, -0.2) is 18.7 Å². The highest BCUT2D eigenvalue weighted by molar-refractivity contribution is 5.72. The minimum Gasteiger partial charge on any atom is -0.493 e. The summed E-state index contributed by atoms with van der Waals surface area (Å²) in [5, 5.41) is 0. The average molecular weight is 318 g/mol. The lowest BCUT2D eigenvalue weighted by Gasteiger charge is -2.20. The molecule has 0 aromatic heterocycles. The van der Waals surface area contributed by atoms with Crippen molar-refractivity contribution in [3.8, 4) is 5.75 Å². The van der Waals surface area contributed by atoms with Crippen LogP contribution in [0.3, 0.4) is 0 Å². The molecule has 124 valence electrons. The van der Waals surface area contributed by atoms with E-state index in [1.54, 1.807) is 20.8 Å². The van der Waals surface area contributed by atoms with Crippen molar-refractivity contribution in [2.45, 2.75) is 40.0 Å². The molecule has 1 aromatic carbocycles. The fourth-order valence-electron chi connectivity index (χ4n) is 1.68. The monoisotopic (exact) mass is 318 g/mol. The summed E-state index contributed by atoms with van der Waals surface area (Å²) < 4.78 is 47.9. The van der Waals surface area contributed by atoms with E-state index in [2.05, 4.69) is 0 Å². The number of alkyl halides is 3. The van der Waals surface area contributed by atoms with Gasteiger partial charge in [-0.1, -0.05) is 13.8 Å². The van der Waals surface area contributed by atoms with Gasteiger partial charge >= 0.3 is 12.1 Å². The van der Waals surface area contributed by atoms with Gasteiger partial charge in [-0.05, 0) is 38.1 Å². The van der Waals surface area contributed by atoms with Gasteiger partial charge in [0.15, 0.2) is 0 Å². The minimum atomic E-state index is -4.36. The fourth-order valence-corrected chi connectivity index (χ4v) is 1.68. The summed E-state index contributed by atoms with van der Waals surface area (Å²) in [4.78, 5) is 11.8. The van der Waals surface area contributed by atoms with Crippen molar-refractivity contribution in [3.63, 3.8) is 0 Å². The molecule has 3 nitrogen and oxygen atoms in total. The summed E-state index contributed by atoms with van der Waals surface area (Å²) in [5.74, 6) is -0.437. The first kappa shape index (κ1) is 18.3. The molecule has 0 amide bonds. The van der Waals surface area contributed by atoms with Gasteiger partial charge in [0.2, 0.25) is 0 Å². The third kappa shape index (κ3) is 5.58. The number of carbonyl (C=O) groups excluding carboxylic acids is 1. The van der Waals surface area contributed by atoms with Crippen LogP contribution in [0.4, 0.5) is 13.2 Å². The third-order valence-electron chi connectivity index (χ3n) is 3.27. The molecule has 0 N–H and O–H groups in total. The topological polar surface area (TPSA) is 35.5 Å². The standard InChI is InChI=1S/C16H21F3O3/c1-10(2)22-15(20)12(4)11(3)9-21-14-7-5-13(6-8-14)16(17,18)19/h5-8,10-12H,9H2,1-4H3. The normalized spacial score (nSPS) is 14.5. The van der Waals surface area contributed by atoms with Crippen LogP contribution in [0.15, 0.2) is 24.3 Å². The molecule has 0 aliphatic rings. The number of hydrogen-bond acceptors (Lipinski definition) is 3. The van der Waals surface area contributed by atoms with Gasteiger partial charge in [0, 0.05) is 5.92 Å². The Bertz CT molecular complexity index is 480. The van der Waals surface area contributed by atoms with Gasteiger partial charge in [0.1, 0.15) is 5.75 Å². The SMILES string of the molecule is CC(C)OC(=O)C(C)C(C)COc1ccc(C(F)(F)F)cc1. The zero-order valence-corrected chi connectivity index (χ0v) is 13.1. The third-order valence-corrected chi connectivity index (χ3v) is 3.27. The lowest BCUT2D eigenvalue weighted by Crippen LogP contribution is -2.27. The number of ether oxygens (including phenoxy) is 2. The minimum absolute atomic E-state index is 0.117. The van der Waals surface area contributed by atoms with Crippen molar-refractivity contribution < 1.29 is 27.4 Å². The number of benzene rings is 1. The van der Waals surface area contributed by atoms with Crippen molar-refractivity contribution in [1.29, 1.82) is 0 Å². The largest absolute Gasteiger partial charge is 0.493 e. The molecule has 1 rings (SSSR count). The predicted octanol–water partition coefficient (Wildman–Crippen LogP) is 4.31. The van der Waals surface area contributed by atoms with Gasteiger partial charge in [-0.3, -0.25) is 4.79 Å². The maximum atomic E-state index is 12.4. The molecule has 0 heterocycles. The first-order chi connectivity index (χ1) is 10.1. The average Bonchev–Trinajstić information content (AvgIpc) is 2.42. The maximum absolute atomic E-state index is 12.4. The van der Waals surface area contributed by atoms with Crippen LogP contribution in [0, 0.1) is 11.8 Å². The number of hydrogen-bond donors (Lipinski definition) is 0. The molecular weight excluding hydrogens is 297 g/mol. The smallest absolute Gasteiger partial charge is 0.416 e. The number of halogens is 3. The van der Waals surface area contributed by atoms with E-state index < -0.39 is 11.7 Å². The van der Waals surface area contributed by atoms with Crippen molar-refractivity contribution >= 4 is 5.97 Å². The van der Waals surface area contributed by atoms with Gasteiger partial charge in [0.05, 0.1) is 24.2 Å². The first-order valence-corrected chi connectivity index (χ1v) is 7.11. The highest BCUT2D eigenvalue weighted by Crippen LogP contribution is 2.30. The van der Waals surface area contributed by atoms with Crippen LogP contribution < -0.4 is 4.74 Å². The zero-order valence-electron chi connectivity index (χ0n) is 13.1. The van der Waals surface area contributed by atoms with Gasteiger partial charge in [-0.15, -0.1) is 0 Å². The van der Waals surface area contributed by atoms with E-state index >= 15 is 0 Å². The molecule has 0 aliphatic carbocycles. The Labute approximate surface area is 128 Å². The van der Waals surface area contributed by atoms with Gasteiger partial charge in [0.25, 0.3) is 0 Å². The van der Waals surface area contributed by atoms with Gasteiger partial charge in [-0.2, -0.15) is 13.2 Å². The summed E-state index contributed by atoms with van der Waals surface area (Å²) in [7, 11) is 0. The molecule has 0 saturated heterocycles. The zero-order chi connectivity index (χ0) is 16.9. The highest BCUT2D eigenvalue weighted by Gasteiger charge is 2.30. The molecule has 1 aromatic rings. The highest BCUT2D eigenvalue weighted by atomic mass is 19.4. The molecule has 0 saturated carbocycles. The molecule has 22 heavy (non-hydrogen) atoms. The van der Waals surface area contributed by atoms with E-state index in [4.69, 9.17) is 9.47 Å². The number of rotatable bonds is 6. The Morgan fingerprint density at radius 3 is 2.09 bits per heavy atom. The van der Waals surface area contributed by atoms with Crippen molar-refractivity contribution in [1.82, 2.24) is 0 Å². The Kier molecular flexibility index (Phi) is 6.26. The molecule has 0 bridgehead atoms. The van der Waals surface area contributed by atoms with Crippen molar-refractivity contribution in [3.05, 3.63) is 29.8 Å². The molecular formula is C16H21F3O3. The maximum Gasteiger partial charge on any atom is 0.416 e. The molecule has 6 heteroatoms. The molecule has 0 aliphatic heterocycles. The van der Waals surface area contributed by atoms with Crippen LogP contribution in [0.2, 0.25) is 0 Å². The van der Waals surface area contributed by atoms with Crippen molar-refractivity contribution in [2.75, 3.05) is 6.61 Å². The Balaban J connectivity index is 2.53. The van der Waals surface area contributed by atoms with Crippen molar-refractivity contribution in [2.24, 2.45) is 11.8 Å². The van der Waals surface area contributed by atoms with Crippen LogP contribution in [0.25, 0.3) is 0 Å². The van der Waals surface area contributed by atoms with Crippen LogP contribution in [0.5, 0.6) is 5.75 Å². The Morgan fingerprint density at radius 1 is 1.09 bits per heavy atom. The molecule has 0 fully saturated rings. The Morgan fingerprint density at radius 2 is 1.64 bits per heavy atom. The quantitative estimate of drug-likeness (QED) is 0.733. The van der Waals surface area contributed by atoms with Gasteiger partial charge in [-0.25, -0.2) is 0 Å². The Hall–Kier alpha value is -1.72. The first-order valence-electron chi connectivity index (χ1n) is 7.11. The summed E-state index contributed by atoms with van der Waals surface area (Å²) >= 11 is 0. The molecule has 0 radical (unpaired) electrons. The molecule has 0 spiro atoms. The summed E-state index contributed by atoms with van der Waals surface area (Å²) in [6, 6.07) is 4.48. The van der Waals surface area contributed by atoms with E-state index in [1.807, 2.05) is 6.92 Å². The van der Waals surface area contributed by atoms with Crippen LogP contribution in [0.1, 0.15) is 33.3 Å². The number of esters is 1.